The second-order valence-corrected chi connectivity index (χ2v) is 9.53. The van der Waals surface area contributed by atoms with Gasteiger partial charge in [-0.05, 0) is 75.4 Å². The van der Waals surface area contributed by atoms with E-state index in [-0.39, 0.29) is 17.7 Å². The van der Waals surface area contributed by atoms with Gasteiger partial charge in [0.2, 0.25) is 0 Å². The summed E-state index contributed by atoms with van der Waals surface area (Å²) in [5.74, 6) is 1.51. The van der Waals surface area contributed by atoms with Crippen LogP contribution in [0.3, 0.4) is 0 Å². The number of nitrogens with zero attached hydrogens (tertiary/aromatic N) is 2. The van der Waals surface area contributed by atoms with E-state index in [2.05, 4.69) is 4.99 Å². The molecule has 0 aliphatic carbocycles. The molecule has 7 heteroatoms. The van der Waals surface area contributed by atoms with E-state index in [1.807, 2.05) is 61.4 Å². The molecule has 0 unspecified atom stereocenters. The molecule has 37 heavy (non-hydrogen) atoms. The number of carbonyl (C=O) groups is 1. The minimum absolute atomic E-state index is 0.0491. The summed E-state index contributed by atoms with van der Waals surface area (Å²) < 4.78 is 31.8. The monoisotopic (exact) mass is 502 g/mol. The second kappa shape index (κ2) is 11.0. The fourth-order valence-electron chi connectivity index (χ4n) is 4.60. The fraction of sp³-hybridized carbons (Fsp3) is 0.333. The Balaban J connectivity index is 1.08. The van der Waals surface area contributed by atoms with Gasteiger partial charge in [0.15, 0.2) is 11.6 Å². The Bertz CT molecular complexity index is 1310. The van der Waals surface area contributed by atoms with E-state index in [0.29, 0.717) is 36.0 Å². The van der Waals surface area contributed by atoms with Gasteiger partial charge in [0.25, 0.3) is 5.91 Å². The number of aryl methyl sites for hydroxylation is 2. The van der Waals surface area contributed by atoms with Crippen molar-refractivity contribution in [2.75, 3.05) is 19.8 Å². The molecule has 3 aromatic carbocycles. The van der Waals surface area contributed by atoms with E-state index in [1.54, 1.807) is 12.1 Å². The molecule has 5 rings (SSSR count). The first-order valence-electron chi connectivity index (χ1n) is 12.8. The van der Waals surface area contributed by atoms with Crippen molar-refractivity contribution in [3.8, 4) is 23.0 Å². The minimum atomic E-state index is -0.471. The van der Waals surface area contributed by atoms with Gasteiger partial charge in [-0.3, -0.25) is 9.79 Å². The number of halogens is 1. The van der Waals surface area contributed by atoms with Gasteiger partial charge in [0.05, 0.1) is 30.5 Å². The Kier molecular flexibility index (Phi) is 7.40. The van der Waals surface area contributed by atoms with Crippen LogP contribution in [0.15, 0.2) is 59.6 Å². The number of unbranched alkanes of at least 4 members (excludes halogenated alkanes) is 1. The highest BCUT2D eigenvalue weighted by atomic mass is 19.1. The van der Waals surface area contributed by atoms with E-state index in [0.717, 1.165) is 49.1 Å². The van der Waals surface area contributed by atoms with Crippen LogP contribution in [0.5, 0.6) is 23.0 Å². The summed E-state index contributed by atoms with van der Waals surface area (Å²) in [5.41, 5.74) is 3.34. The summed E-state index contributed by atoms with van der Waals surface area (Å²) in [5, 5.41) is 0. The van der Waals surface area contributed by atoms with Crippen molar-refractivity contribution < 1.29 is 23.4 Å². The molecule has 6 nitrogen and oxygen atoms in total. The lowest BCUT2D eigenvalue weighted by Gasteiger charge is -2.20. The van der Waals surface area contributed by atoms with Crippen molar-refractivity contribution in [3.63, 3.8) is 0 Å². The predicted molar refractivity (Wildman–Crippen MR) is 141 cm³/mol. The molecule has 1 fully saturated rings. The summed E-state index contributed by atoms with van der Waals surface area (Å²) in [6, 6.07) is 15.9. The molecule has 1 saturated heterocycles. The van der Waals surface area contributed by atoms with Gasteiger partial charge in [-0.25, -0.2) is 4.39 Å². The number of benzene rings is 3. The molecular formula is C30H31FN2O4. The highest BCUT2D eigenvalue weighted by Crippen LogP contribution is 2.34. The summed E-state index contributed by atoms with van der Waals surface area (Å²) >= 11 is 0. The number of aliphatic imine (C=N–C) groups is 1. The summed E-state index contributed by atoms with van der Waals surface area (Å²) in [6.45, 7) is 5.67. The summed E-state index contributed by atoms with van der Waals surface area (Å²) in [7, 11) is 0. The Hall–Kier alpha value is -3.87. The van der Waals surface area contributed by atoms with Gasteiger partial charge < -0.3 is 19.1 Å². The Morgan fingerprint density at radius 2 is 1.70 bits per heavy atom. The van der Waals surface area contributed by atoms with E-state index in [1.165, 1.54) is 6.07 Å². The van der Waals surface area contributed by atoms with E-state index in [4.69, 9.17) is 14.2 Å². The Morgan fingerprint density at radius 1 is 0.946 bits per heavy atom. The number of ether oxygens (including phenoxy) is 3. The maximum Gasteiger partial charge on any atom is 0.256 e. The third kappa shape index (κ3) is 5.77. The SMILES string of the molecule is Cc1ccc(Oc2ccc(OCCCCOc3cc4c(cc3C)C(=O)N3CCC[C@H]3C=N4)cc2F)cc1. The third-order valence-corrected chi connectivity index (χ3v) is 6.69. The quantitative estimate of drug-likeness (QED) is 0.302. The van der Waals surface area contributed by atoms with Crippen molar-refractivity contribution in [3.05, 3.63) is 77.1 Å². The second-order valence-electron chi connectivity index (χ2n) is 9.53. The average molecular weight is 503 g/mol. The van der Waals surface area contributed by atoms with Crippen molar-refractivity contribution in [1.82, 2.24) is 4.90 Å². The van der Waals surface area contributed by atoms with Crippen LogP contribution in [-0.4, -0.2) is 42.8 Å². The number of rotatable bonds is 9. The lowest BCUT2D eigenvalue weighted by atomic mass is 10.1. The molecule has 0 aromatic heterocycles. The van der Waals surface area contributed by atoms with Gasteiger partial charge in [-0.2, -0.15) is 0 Å². The van der Waals surface area contributed by atoms with Crippen molar-refractivity contribution in [2.45, 2.75) is 45.6 Å². The van der Waals surface area contributed by atoms with Crippen LogP contribution in [0, 0.1) is 19.7 Å². The molecule has 2 heterocycles. The highest BCUT2D eigenvalue weighted by molar-refractivity contribution is 6.03. The number of carbonyl (C=O) groups excluding carboxylic acids is 1. The highest BCUT2D eigenvalue weighted by Gasteiger charge is 2.32. The molecule has 1 amide bonds. The molecule has 192 valence electrons. The summed E-state index contributed by atoms with van der Waals surface area (Å²) in [6.07, 6.45) is 5.39. The maximum absolute atomic E-state index is 14.4. The van der Waals surface area contributed by atoms with Crippen LogP contribution in [-0.2, 0) is 0 Å². The fourth-order valence-corrected chi connectivity index (χ4v) is 4.60. The molecule has 0 saturated carbocycles. The van der Waals surface area contributed by atoms with Gasteiger partial charge in [-0.1, -0.05) is 17.7 Å². The minimum Gasteiger partial charge on any atom is -0.493 e. The van der Waals surface area contributed by atoms with Gasteiger partial charge in [0.1, 0.15) is 17.2 Å². The average Bonchev–Trinajstić information content (AvgIpc) is 3.32. The number of hydrogen-bond acceptors (Lipinski definition) is 5. The molecule has 3 aromatic rings. The first kappa shape index (κ1) is 24.8. The van der Waals surface area contributed by atoms with E-state index < -0.39 is 5.82 Å². The zero-order valence-electron chi connectivity index (χ0n) is 21.2. The first-order chi connectivity index (χ1) is 18.0. The predicted octanol–water partition coefficient (Wildman–Crippen LogP) is 6.79. The molecule has 0 spiro atoms. The first-order valence-corrected chi connectivity index (χ1v) is 12.8. The third-order valence-electron chi connectivity index (χ3n) is 6.69. The Morgan fingerprint density at radius 3 is 2.49 bits per heavy atom. The van der Waals surface area contributed by atoms with E-state index in [9.17, 15) is 9.18 Å². The maximum atomic E-state index is 14.4. The zero-order valence-corrected chi connectivity index (χ0v) is 21.2. The van der Waals surface area contributed by atoms with Crippen LogP contribution in [0.1, 0.15) is 47.2 Å². The van der Waals surface area contributed by atoms with Crippen molar-refractivity contribution in [2.24, 2.45) is 4.99 Å². The van der Waals surface area contributed by atoms with Crippen LogP contribution in [0.4, 0.5) is 10.1 Å². The summed E-state index contributed by atoms with van der Waals surface area (Å²) in [4.78, 5) is 19.4. The number of amides is 1. The van der Waals surface area contributed by atoms with Crippen LogP contribution >= 0.6 is 0 Å². The standard InChI is InChI=1S/C30H31FN2O4/c1-20-7-9-23(10-8-20)37-28-12-11-24(17-26(28)31)35-14-3-4-15-36-29-18-27-25(16-21(29)2)30(34)33-13-5-6-22(33)19-32-27/h7-12,16-19,22H,3-6,13-15H2,1-2H3/t22-/m0/s1. The molecule has 0 N–H and O–H groups in total. The van der Waals surface area contributed by atoms with Gasteiger partial charge >= 0.3 is 0 Å². The smallest absolute Gasteiger partial charge is 0.256 e. The van der Waals surface area contributed by atoms with Crippen LogP contribution < -0.4 is 14.2 Å². The van der Waals surface area contributed by atoms with Gasteiger partial charge in [-0.15, -0.1) is 0 Å². The zero-order chi connectivity index (χ0) is 25.8. The largest absolute Gasteiger partial charge is 0.493 e. The number of fused-ring (bicyclic) bond motifs is 2. The molecule has 0 bridgehead atoms. The molecule has 1 atom stereocenters. The van der Waals surface area contributed by atoms with Crippen LogP contribution in [0.2, 0.25) is 0 Å². The van der Waals surface area contributed by atoms with Crippen molar-refractivity contribution in [1.29, 1.82) is 0 Å². The van der Waals surface area contributed by atoms with Crippen LogP contribution in [0.25, 0.3) is 0 Å². The molecular weight excluding hydrogens is 471 g/mol. The van der Waals surface area contributed by atoms with Crippen molar-refractivity contribution >= 4 is 17.8 Å². The Labute approximate surface area is 216 Å². The van der Waals surface area contributed by atoms with Gasteiger partial charge in [0, 0.05) is 24.9 Å². The molecule has 2 aliphatic heterocycles. The molecule has 2 aliphatic rings. The number of hydrogen-bond donors (Lipinski definition) is 0. The molecule has 0 radical (unpaired) electrons. The lowest BCUT2D eigenvalue weighted by Crippen LogP contribution is -2.35. The lowest BCUT2D eigenvalue weighted by molar-refractivity contribution is 0.0774. The van der Waals surface area contributed by atoms with E-state index >= 15 is 0 Å². The topological polar surface area (TPSA) is 60.4 Å². The normalized spacial score (nSPS) is 16.2.